The lowest BCUT2D eigenvalue weighted by Gasteiger charge is -2.27. The maximum atomic E-state index is 9.86. The van der Waals surface area contributed by atoms with Crippen molar-refractivity contribution in [3.05, 3.63) is 29.3 Å². The zero-order valence-electron chi connectivity index (χ0n) is 11.8. The quantitative estimate of drug-likeness (QED) is 0.821. The van der Waals surface area contributed by atoms with E-state index in [0.717, 1.165) is 11.3 Å². The highest BCUT2D eigenvalue weighted by Gasteiger charge is 2.15. The molecule has 0 fully saturated rings. The van der Waals surface area contributed by atoms with Gasteiger partial charge in [-0.25, -0.2) is 0 Å². The third-order valence-corrected chi connectivity index (χ3v) is 3.01. The Bertz CT molecular complexity index is 515. The van der Waals surface area contributed by atoms with Gasteiger partial charge in [0.05, 0.1) is 36.8 Å². The first kappa shape index (κ1) is 16.0. The Morgan fingerprint density at radius 3 is 2.65 bits per heavy atom. The lowest BCUT2D eigenvalue weighted by Crippen LogP contribution is -2.29. The van der Waals surface area contributed by atoms with E-state index in [1.165, 1.54) is 0 Å². The predicted molar refractivity (Wildman–Crippen MR) is 76.1 cm³/mol. The van der Waals surface area contributed by atoms with E-state index < -0.39 is 6.10 Å². The van der Waals surface area contributed by atoms with Crippen LogP contribution in [0.5, 0.6) is 0 Å². The fourth-order valence-corrected chi connectivity index (χ4v) is 1.98. The van der Waals surface area contributed by atoms with Crippen LogP contribution >= 0.6 is 0 Å². The Morgan fingerprint density at radius 2 is 2.10 bits per heavy atom. The number of hydrogen-bond donors (Lipinski definition) is 1. The molecule has 0 unspecified atom stereocenters. The Hall–Kier alpha value is -2.08. The molecular weight excluding hydrogens is 254 g/mol. The van der Waals surface area contributed by atoms with Gasteiger partial charge >= 0.3 is 0 Å². The minimum atomic E-state index is -0.634. The van der Waals surface area contributed by atoms with Crippen molar-refractivity contribution < 1.29 is 9.84 Å². The van der Waals surface area contributed by atoms with E-state index in [2.05, 4.69) is 12.1 Å². The molecule has 5 heteroatoms. The SMILES string of the molecule is COCCN(CCC#N)c1cc(C#N)ccc1[C@@H](C)O. The number of aliphatic hydroxyl groups is 1. The van der Waals surface area contributed by atoms with Gasteiger partial charge in [-0.3, -0.25) is 0 Å². The van der Waals surface area contributed by atoms with Gasteiger partial charge < -0.3 is 14.7 Å². The van der Waals surface area contributed by atoms with Gasteiger partial charge in [0, 0.05) is 31.5 Å². The molecule has 0 aromatic heterocycles. The summed E-state index contributed by atoms with van der Waals surface area (Å²) in [5.74, 6) is 0. The number of hydrogen-bond acceptors (Lipinski definition) is 5. The van der Waals surface area contributed by atoms with E-state index in [4.69, 9.17) is 15.3 Å². The number of benzene rings is 1. The summed E-state index contributed by atoms with van der Waals surface area (Å²) >= 11 is 0. The van der Waals surface area contributed by atoms with Crippen LogP contribution in [0.1, 0.15) is 30.6 Å². The molecule has 0 saturated carbocycles. The molecule has 1 aromatic carbocycles. The van der Waals surface area contributed by atoms with Crippen LogP contribution in [0.15, 0.2) is 18.2 Å². The fraction of sp³-hybridized carbons (Fsp3) is 0.467. The molecule has 0 amide bonds. The summed E-state index contributed by atoms with van der Waals surface area (Å²) in [5, 5.41) is 27.6. The van der Waals surface area contributed by atoms with Crippen molar-refractivity contribution in [2.24, 2.45) is 0 Å². The van der Waals surface area contributed by atoms with Crippen molar-refractivity contribution in [1.29, 1.82) is 10.5 Å². The standard InChI is InChI=1S/C15H19N3O2/c1-12(19)14-5-4-13(11-17)10-15(14)18(7-3-6-16)8-9-20-2/h4-5,10,12,19H,3,7-9H2,1-2H3/t12-/m1/s1. The highest BCUT2D eigenvalue weighted by molar-refractivity contribution is 5.58. The van der Waals surface area contributed by atoms with E-state index in [0.29, 0.717) is 31.7 Å². The Kier molecular flexibility index (Phi) is 6.52. The number of anilines is 1. The third kappa shape index (κ3) is 4.24. The third-order valence-electron chi connectivity index (χ3n) is 3.01. The number of methoxy groups -OCH3 is 1. The molecule has 1 aromatic rings. The molecule has 1 rings (SSSR count). The van der Waals surface area contributed by atoms with Gasteiger partial charge in [-0.1, -0.05) is 6.07 Å². The Labute approximate surface area is 119 Å². The molecule has 106 valence electrons. The van der Waals surface area contributed by atoms with Crippen molar-refractivity contribution >= 4 is 5.69 Å². The lowest BCUT2D eigenvalue weighted by atomic mass is 10.0. The second-order valence-corrected chi connectivity index (χ2v) is 4.45. The summed E-state index contributed by atoms with van der Waals surface area (Å²) < 4.78 is 5.08. The Balaban J connectivity index is 3.14. The van der Waals surface area contributed by atoms with E-state index in [9.17, 15) is 5.11 Å². The predicted octanol–water partition coefficient (Wildman–Crippen LogP) is 1.98. The number of nitriles is 2. The normalized spacial score (nSPS) is 11.4. The van der Waals surface area contributed by atoms with Crippen LogP contribution in [0.25, 0.3) is 0 Å². The Morgan fingerprint density at radius 1 is 1.35 bits per heavy atom. The van der Waals surface area contributed by atoms with E-state index >= 15 is 0 Å². The first-order chi connectivity index (χ1) is 9.63. The minimum Gasteiger partial charge on any atom is -0.389 e. The molecule has 0 saturated heterocycles. The zero-order chi connectivity index (χ0) is 15.0. The summed E-state index contributed by atoms with van der Waals surface area (Å²) in [6.45, 7) is 3.34. The molecule has 5 nitrogen and oxygen atoms in total. The molecule has 20 heavy (non-hydrogen) atoms. The van der Waals surface area contributed by atoms with Gasteiger partial charge in [0.1, 0.15) is 0 Å². The van der Waals surface area contributed by atoms with Gasteiger partial charge in [-0.15, -0.1) is 0 Å². The number of nitrogens with zero attached hydrogens (tertiary/aromatic N) is 3. The van der Waals surface area contributed by atoms with Crippen molar-refractivity contribution in [3.8, 4) is 12.1 Å². The van der Waals surface area contributed by atoms with Crippen LogP contribution in [-0.2, 0) is 4.74 Å². The highest BCUT2D eigenvalue weighted by Crippen LogP contribution is 2.27. The van der Waals surface area contributed by atoms with E-state index in [-0.39, 0.29) is 0 Å². The summed E-state index contributed by atoms with van der Waals surface area (Å²) in [6.07, 6.45) is -0.260. The van der Waals surface area contributed by atoms with Gasteiger partial charge in [0.15, 0.2) is 0 Å². The molecule has 0 aliphatic carbocycles. The molecule has 0 heterocycles. The molecule has 1 N–H and O–H groups in total. The van der Waals surface area contributed by atoms with Crippen LogP contribution in [0, 0.1) is 22.7 Å². The number of aliphatic hydroxyl groups excluding tert-OH is 1. The second kappa shape index (κ2) is 8.16. The van der Waals surface area contributed by atoms with E-state index in [1.54, 1.807) is 32.2 Å². The lowest BCUT2D eigenvalue weighted by molar-refractivity contribution is 0.197. The fourth-order valence-electron chi connectivity index (χ4n) is 1.98. The maximum absolute atomic E-state index is 9.86. The second-order valence-electron chi connectivity index (χ2n) is 4.45. The first-order valence-corrected chi connectivity index (χ1v) is 6.47. The van der Waals surface area contributed by atoms with Crippen molar-refractivity contribution in [1.82, 2.24) is 0 Å². The first-order valence-electron chi connectivity index (χ1n) is 6.47. The summed E-state index contributed by atoms with van der Waals surface area (Å²) in [5.41, 5.74) is 2.06. The van der Waals surface area contributed by atoms with Gasteiger partial charge in [-0.05, 0) is 19.1 Å². The van der Waals surface area contributed by atoms with Gasteiger partial charge in [-0.2, -0.15) is 10.5 Å². The van der Waals surface area contributed by atoms with E-state index in [1.807, 2.05) is 4.90 Å². The van der Waals surface area contributed by atoms with Gasteiger partial charge in [0.25, 0.3) is 0 Å². The molecule has 0 spiro atoms. The zero-order valence-corrected chi connectivity index (χ0v) is 11.8. The number of ether oxygens (including phenoxy) is 1. The molecule has 0 radical (unpaired) electrons. The highest BCUT2D eigenvalue weighted by atomic mass is 16.5. The largest absolute Gasteiger partial charge is 0.389 e. The average molecular weight is 273 g/mol. The topological polar surface area (TPSA) is 80.3 Å². The van der Waals surface area contributed by atoms with Crippen LogP contribution in [0.3, 0.4) is 0 Å². The average Bonchev–Trinajstić information content (AvgIpc) is 2.46. The van der Waals surface area contributed by atoms with Crippen molar-refractivity contribution in [3.63, 3.8) is 0 Å². The van der Waals surface area contributed by atoms with Gasteiger partial charge in [0.2, 0.25) is 0 Å². The molecule has 0 aliphatic heterocycles. The van der Waals surface area contributed by atoms with Crippen LogP contribution in [0.4, 0.5) is 5.69 Å². The number of rotatable bonds is 7. The molecule has 1 atom stereocenters. The van der Waals surface area contributed by atoms with Crippen LogP contribution in [-0.4, -0.2) is 31.9 Å². The summed E-state index contributed by atoms with van der Waals surface area (Å²) in [6, 6.07) is 9.39. The smallest absolute Gasteiger partial charge is 0.0992 e. The van der Waals surface area contributed by atoms with Crippen LogP contribution in [0.2, 0.25) is 0 Å². The van der Waals surface area contributed by atoms with Crippen molar-refractivity contribution in [2.45, 2.75) is 19.4 Å². The van der Waals surface area contributed by atoms with Crippen molar-refractivity contribution in [2.75, 3.05) is 31.7 Å². The molecule has 0 aliphatic rings. The maximum Gasteiger partial charge on any atom is 0.0992 e. The summed E-state index contributed by atoms with van der Waals surface area (Å²) in [7, 11) is 1.61. The monoisotopic (exact) mass is 273 g/mol. The minimum absolute atomic E-state index is 0.375. The molecular formula is C15H19N3O2. The summed E-state index contributed by atoms with van der Waals surface area (Å²) in [4.78, 5) is 1.97. The molecule has 0 bridgehead atoms. The van der Waals surface area contributed by atoms with Crippen LogP contribution < -0.4 is 4.90 Å².